The van der Waals surface area contributed by atoms with Crippen LogP contribution in [-0.4, -0.2) is 21.4 Å². The number of aromatic nitrogens is 2. The number of para-hydroxylation sites is 1. The van der Waals surface area contributed by atoms with Gasteiger partial charge in [0, 0.05) is 20.3 Å². The molecule has 6 nitrogen and oxygen atoms in total. The van der Waals surface area contributed by atoms with Crippen LogP contribution in [0.1, 0.15) is 19.5 Å². The standard InChI is InChI=1S/C19H19N5O.2H2/c1-13-6-8-14(9-7-13)11-24-12-15(10-22-24)23-19(25)18(21)16-4-2-3-5-17(16)20;;/h2-10,12,21H,11,20H2,1H3,(H,23,25);2*1H. The Morgan fingerprint density at radius 3 is 2.68 bits per heavy atom. The highest BCUT2D eigenvalue weighted by Crippen LogP contribution is 2.13. The molecule has 0 radical (unpaired) electrons. The zero-order valence-corrected chi connectivity index (χ0v) is 13.9. The van der Waals surface area contributed by atoms with E-state index >= 15 is 0 Å². The molecule has 0 atom stereocenters. The molecule has 0 unspecified atom stereocenters. The molecule has 0 fully saturated rings. The first-order chi connectivity index (χ1) is 12.0. The van der Waals surface area contributed by atoms with E-state index in [1.54, 1.807) is 41.3 Å². The summed E-state index contributed by atoms with van der Waals surface area (Å²) in [6, 6.07) is 15.0. The Balaban J connectivity index is 0.00000182. The number of aryl methyl sites for hydroxylation is 1. The first-order valence-corrected chi connectivity index (χ1v) is 7.86. The molecule has 0 bridgehead atoms. The molecule has 0 spiro atoms. The van der Waals surface area contributed by atoms with Crippen molar-refractivity contribution < 1.29 is 7.65 Å². The minimum atomic E-state index is -0.521. The summed E-state index contributed by atoms with van der Waals surface area (Å²) in [6.45, 7) is 2.65. The van der Waals surface area contributed by atoms with Crippen molar-refractivity contribution in [2.75, 3.05) is 11.1 Å². The summed E-state index contributed by atoms with van der Waals surface area (Å²) in [7, 11) is 0. The molecule has 6 heteroatoms. The number of hydrogen-bond acceptors (Lipinski definition) is 4. The highest BCUT2D eigenvalue weighted by molar-refractivity contribution is 6.48. The molecule has 3 rings (SSSR count). The zero-order valence-electron chi connectivity index (χ0n) is 13.9. The van der Waals surface area contributed by atoms with Crippen LogP contribution in [0.4, 0.5) is 11.4 Å². The van der Waals surface area contributed by atoms with Crippen LogP contribution in [-0.2, 0) is 11.3 Å². The number of carbonyl (C=O) groups excluding carboxylic acids is 1. The van der Waals surface area contributed by atoms with Crippen molar-refractivity contribution in [1.82, 2.24) is 9.78 Å². The second-order valence-electron chi connectivity index (χ2n) is 5.83. The molecule has 1 amide bonds. The van der Waals surface area contributed by atoms with Gasteiger partial charge in [0.05, 0.1) is 18.4 Å². The van der Waals surface area contributed by atoms with Crippen molar-refractivity contribution in [1.29, 1.82) is 5.41 Å². The fourth-order valence-electron chi connectivity index (χ4n) is 2.44. The van der Waals surface area contributed by atoms with Crippen LogP contribution in [0.2, 0.25) is 0 Å². The first-order valence-electron chi connectivity index (χ1n) is 7.86. The van der Waals surface area contributed by atoms with Gasteiger partial charge in [0.2, 0.25) is 0 Å². The van der Waals surface area contributed by atoms with E-state index in [4.69, 9.17) is 11.1 Å². The second kappa shape index (κ2) is 7.00. The number of nitrogens with one attached hydrogen (secondary N) is 2. The molecular formula is C19H23N5O. The second-order valence-corrected chi connectivity index (χ2v) is 5.83. The van der Waals surface area contributed by atoms with Gasteiger partial charge in [0.25, 0.3) is 5.91 Å². The molecule has 130 valence electrons. The summed E-state index contributed by atoms with van der Waals surface area (Å²) >= 11 is 0. The van der Waals surface area contributed by atoms with Gasteiger partial charge in [-0.3, -0.25) is 14.9 Å². The number of carbonyl (C=O) groups is 1. The molecule has 0 aliphatic rings. The number of nitrogens with two attached hydrogens (primary N) is 1. The Kier molecular flexibility index (Phi) is 4.61. The third-order valence-electron chi connectivity index (χ3n) is 3.81. The van der Waals surface area contributed by atoms with E-state index in [-0.39, 0.29) is 8.56 Å². The van der Waals surface area contributed by atoms with E-state index < -0.39 is 5.91 Å². The van der Waals surface area contributed by atoms with Crippen LogP contribution in [0.5, 0.6) is 0 Å². The van der Waals surface area contributed by atoms with Gasteiger partial charge < -0.3 is 11.1 Å². The van der Waals surface area contributed by atoms with Gasteiger partial charge in [0.1, 0.15) is 5.71 Å². The van der Waals surface area contributed by atoms with Gasteiger partial charge in [-0.1, -0.05) is 48.0 Å². The predicted molar refractivity (Wildman–Crippen MR) is 103 cm³/mol. The molecule has 3 aromatic rings. The lowest BCUT2D eigenvalue weighted by Gasteiger charge is -2.07. The van der Waals surface area contributed by atoms with Crippen molar-refractivity contribution in [3.05, 3.63) is 77.6 Å². The number of nitrogens with zero attached hydrogens (tertiary/aromatic N) is 2. The molecule has 0 saturated heterocycles. The fraction of sp³-hybridized carbons (Fsp3) is 0.105. The lowest BCUT2D eigenvalue weighted by molar-refractivity contribution is -0.110. The average molecular weight is 337 g/mol. The Hall–Kier alpha value is -3.41. The maximum absolute atomic E-state index is 12.2. The van der Waals surface area contributed by atoms with E-state index in [1.807, 2.05) is 31.2 Å². The van der Waals surface area contributed by atoms with Gasteiger partial charge in [-0.15, -0.1) is 0 Å². The number of amides is 1. The van der Waals surface area contributed by atoms with Crippen molar-refractivity contribution in [2.24, 2.45) is 0 Å². The average Bonchev–Trinajstić information content (AvgIpc) is 3.03. The van der Waals surface area contributed by atoms with Crippen LogP contribution >= 0.6 is 0 Å². The summed E-state index contributed by atoms with van der Waals surface area (Å²) in [5.41, 5.74) is 9.31. The van der Waals surface area contributed by atoms with Crippen molar-refractivity contribution in [3.8, 4) is 0 Å². The van der Waals surface area contributed by atoms with Crippen LogP contribution in [0, 0.1) is 12.3 Å². The van der Waals surface area contributed by atoms with Gasteiger partial charge in [-0.25, -0.2) is 0 Å². The highest BCUT2D eigenvalue weighted by Gasteiger charge is 2.15. The van der Waals surface area contributed by atoms with E-state index in [1.165, 1.54) is 5.56 Å². The normalized spacial score (nSPS) is 10.4. The minimum Gasteiger partial charge on any atom is -0.398 e. The quantitative estimate of drug-likeness (QED) is 0.492. The number of nitrogen functional groups attached to an aromatic ring is 1. The predicted octanol–water partition coefficient (Wildman–Crippen LogP) is 3.32. The van der Waals surface area contributed by atoms with E-state index in [2.05, 4.69) is 10.4 Å². The number of hydrogen-bond donors (Lipinski definition) is 3. The lowest BCUT2D eigenvalue weighted by Crippen LogP contribution is -2.23. The SMILES string of the molecule is Cc1ccc(Cn2cc(NC(=O)C(=N)c3ccccc3N)cn2)cc1.[HH].[HH]. The molecule has 0 aliphatic heterocycles. The number of benzene rings is 2. The third-order valence-corrected chi connectivity index (χ3v) is 3.81. The summed E-state index contributed by atoms with van der Waals surface area (Å²) in [5.74, 6) is -0.521. The molecular weight excluding hydrogens is 314 g/mol. The summed E-state index contributed by atoms with van der Waals surface area (Å²) in [6.07, 6.45) is 3.30. The van der Waals surface area contributed by atoms with Crippen LogP contribution in [0.25, 0.3) is 0 Å². The van der Waals surface area contributed by atoms with Crippen molar-refractivity contribution in [2.45, 2.75) is 13.5 Å². The van der Waals surface area contributed by atoms with E-state index in [0.717, 1.165) is 5.56 Å². The molecule has 4 N–H and O–H groups in total. The summed E-state index contributed by atoms with van der Waals surface area (Å²) < 4.78 is 1.74. The van der Waals surface area contributed by atoms with Crippen LogP contribution < -0.4 is 11.1 Å². The molecule has 1 aromatic heterocycles. The monoisotopic (exact) mass is 337 g/mol. The fourth-order valence-corrected chi connectivity index (χ4v) is 2.44. The minimum absolute atomic E-state index is 0. The van der Waals surface area contributed by atoms with Gasteiger partial charge in [-0.05, 0) is 18.6 Å². The maximum Gasteiger partial charge on any atom is 0.274 e. The number of anilines is 2. The maximum atomic E-state index is 12.2. The molecule has 0 aliphatic carbocycles. The zero-order chi connectivity index (χ0) is 17.8. The van der Waals surface area contributed by atoms with Gasteiger partial charge in [0.15, 0.2) is 0 Å². The third kappa shape index (κ3) is 3.92. The number of rotatable bonds is 5. The smallest absolute Gasteiger partial charge is 0.274 e. The largest absolute Gasteiger partial charge is 0.398 e. The highest BCUT2D eigenvalue weighted by atomic mass is 16.1. The Bertz CT molecular complexity index is 922. The van der Waals surface area contributed by atoms with E-state index in [0.29, 0.717) is 23.5 Å². The van der Waals surface area contributed by atoms with E-state index in [9.17, 15) is 4.79 Å². The molecule has 25 heavy (non-hydrogen) atoms. The van der Waals surface area contributed by atoms with Crippen molar-refractivity contribution >= 4 is 23.0 Å². The van der Waals surface area contributed by atoms with Gasteiger partial charge >= 0.3 is 0 Å². The lowest BCUT2D eigenvalue weighted by atomic mass is 10.1. The first kappa shape index (κ1) is 16.4. The Labute approximate surface area is 148 Å². The topological polar surface area (TPSA) is 96.8 Å². The Morgan fingerprint density at radius 2 is 1.96 bits per heavy atom. The van der Waals surface area contributed by atoms with Crippen molar-refractivity contribution in [3.63, 3.8) is 0 Å². The molecule has 1 heterocycles. The van der Waals surface area contributed by atoms with Crippen LogP contribution in [0.15, 0.2) is 60.9 Å². The summed E-state index contributed by atoms with van der Waals surface area (Å²) in [4.78, 5) is 12.2. The molecule has 2 aromatic carbocycles. The van der Waals surface area contributed by atoms with Crippen LogP contribution in [0.3, 0.4) is 0 Å². The van der Waals surface area contributed by atoms with Gasteiger partial charge in [-0.2, -0.15) is 5.10 Å². The summed E-state index contributed by atoms with van der Waals surface area (Å²) in [5, 5.41) is 14.9. The molecule has 0 saturated carbocycles. The Morgan fingerprint density at radius 1 is 1.24 bits per heavy atom.